The van der Waals surface area contributed by atoms with E-state index in [2.05, 4.69) is 4.98 Å². The molecule has 0 amide bonds. The first-order chi connectivity index (χ1) is 10.9. The molecule has 2 aliphatic rings. The van der Waals surface area contributed by atoms with Crippen LogP contribution < -0.4 is 0 Å². The van der Waals surface area contributed by atoms with Gasteiger partial charge in [0.15, 0.2) is 5.03 Å². The molecule has 0 spiro atoms. The average molecular weight is 343 g/mol. The Kier molecular flexibility index (Phi) is 4.78. The first-order valence-corrected chi connectivity index (χ1v) is 9.66. The fourth-order valence-corrected chi connectivity index (χ4v) is 5.08. The van der Waals surface area contributed by atoms with E-state index in [1.165, 1.54) is 4.31 Å². The average Bonchev–Trinajstić information content (AvgIpc) is 3.16. The van der Waals surface area contributed by atoms with E-state index in [0.717, 1.165) is 19.3 Å². The standard InChI is InChI=1S/C15H25N3O4S/c1-11(2)17-8-15(16-10-17)23(20,21)18-6-7-22-9-13(18)12-4-3-5-14(12)19/h8,10-14,19H,3-7,9H2,1-2H3/t12-,13-,14-/m1/s1. The van der Waals surface area contributed by atoms with E-state index >= 15 is 0 Å². The highest BCUT2D eigenvalue weighted by Gasteiger charge is 2.43. The number of morpholine rings is 1. The van der Waals surface area contributed by atoms with Gasteiger partial charge in [0, 0.05) is 24.7 Å². The maximum atomic E-state index is 13.0. The summed E-state index contributed by atoms with van der Waals surface area (Å²) in [5, 5.41) is 10.2. The maximum absolute atomic E-state index is 13.0. The Morgan fingerprint density at radius 1 is 1.39 bits per heavy atom. The van der Waals surface area contributed by atoms with Crippen LogP contribution >= 0.6 is 0 Å². The van der Waals surface area contributed by atoms with Crippen LogP contribution in [0.15, 0.2) is 17.6 Å². The van der Waals surface area contributed by atoms with Gasteiger partial charge in [0.2, 0.25) is 0 Å². The summed E-state index contributed by atoms with van der Waals surface area (Å²) < 4.78 is 34.8. The lowest BCUT2D eigenvalue weighted by Crippen LogP contribution is -2.53. The van der Waals surface area contributed by atoms with E-state index in [9.17, 15) is 13.5 Å². The summed E-state index contributed by atoms with van der Waals surface area (Å²) in [4.78, 5) is 4.09. The topological polar surface area (TPSA) is 84.7 Å². The molecular weight excluding hydrogens is 318 g/mol. The summed E-state index contributed by atoms with van der Waals surface area (Å²) in [5.41, 5.74) is 0. The molecule has 23 heavy (non-hydrogen) atoms. The molecule has 2 heterocycles. The third-order valence-electron chi connectivity index (χ3n) is 4.89. The van der Waals surface area contributed by atoms with Gasteiger partial charge in [0.25, 0.3) is 10.0 Å². The smallest absolute Gasteiger partial charge is 0.262 e. The van der Waals surface area contributed by atoms with Crippen molar-refractivity contribution in [2.24, 2.45) is 5.92 Å². The Morgan fingerprint density at radius 3 is 2.78 bits per heavy atom. The van der Waals surface area contributed by atoms with Crippen LogP contribution in [0.1, 0.15) is 39.2 Å². The fraction of sp³-hybridized carbons (Fsp3) is 0.800. The fourth-order valence-electron chi connectivity index (χ4n) is 3.51. The molecule has 2 fully saturated rings. The van der Waals surface area contributed by atoms with Crippen molar-refractivity contribution in [1.82, 2.24) is 13.9 Å². The Labute approximate surface area is 137 Å². The number of aliphatic hydroxyl groups is 1. The lowest BCUT2D eigenvalue weighted by Gasteiger charge is -2.38. The maximum Gasteiger partial charge on any atom is 0.262 e. The molecule has 0 bridgehead atoms. The van der Waals surface area contributed by atoms with Gasteiger partial charge in [0.05, 0.1) is 31.7 Å². The molecule has 130 valence electrons. The van der Waals surface area contributed by atoms with E-state index in [4.69, 9.17) is 4.74 Å². The normalized spacial score (nSPS) is 30.2. The van der Waals surface area contributed by atoms with Crippen molar-refractivity contribution in [3.63, 3.8) is 0 Å². The molecule has 0 aromatic carbocycles. The third-order valence-corrected chi connectivity index (χ3v) is 6.70. The second-order valence-corrected chi connectivity index (χ2v) is 8.51. The molecule has 0 unspecified atom stereocenters. The Hall–Kier alpha value is -0.960. The molecule has 0 radical (unpaired) electrons. The minimum absolute atomic E-state index is 0.0581. The van der Waals surface area contributed by atoms with Gasteiger partial charge in [-0.05, 0) is 26.7 Å². The van der Waals surface area contributed by atoms with Gasteiger partial charge in [0.1, 0.15) is 0 Å². The first-order valence-electron chi connectivity index (χ1n) is 8.22. The summed E-state index contributed by atoms with van der Waals surface area (Å²) in [6.07, 6.45) is 5.18. The number of hydrogen-bond acceptors (Lipinski definition) is 5. The van der Waals surface area contributed by atoms with Crippen molar-refractivity contribution >= 4 is 10.0 Å². The zero-order chi connectivity index (χ0) is 16.6. The quantitative estimate of drug-likeness (QED) is 0.882. The summed E-state index contributed by atoms with van der Waals surface area (Å²) in [7, 11) is -3.67. The largest absolute Gasteiger partial charge is 0.393 e. The summed E-state index contributed by atoms with van der Waals surface area (Å²) in [6.45, 7) is 4.98. The van der Waals surface area contributed by atoms with Crippen LogP contribution in [0.3, 0.4) is 0 Å². The SMILES string of the molecule is CC(C)n1cnc(S(=O)(=O)N2CCOC[C@@H]2[C@H]2CCC[C@H]2O)c1. The number of aromatic nitrogens is 2. The molecule has 8 heteroatoms. The first kappa shape index (κ1) is 16.9. The van der Waals surface area contributed by atoms with E-state index in [1.807, 2.05) is 13.8 Å². The monoisotopic (exact) mass is 343 g/mol. The van der Waals surface area contributed by atoms with Crippen LogP contribution in [0.4, 0.5) is 0 Å². The van der Waals surface area contributed by atoms with Crippen molar-refractivity contribution < 1.29 is 18.3 Å². The Bertz CT molecular complexity index is 643. The molecule has 1 saturated heterocycles. The molecule has 7 nitrogen and oxygen atoms in total. The highest BCUT2D eigenvalue weighted by molar-refractivity contribution is 7.89. The molecule has 1 aliphatic heterocycles. The molecule has 1 saturated carbocycles. The van der Waals surface area contributed by atoms with Gasteiger partial charge in [-0.25, -0.2) is 13.4 Å². The second-order valence-electron chi connectivity index (χ2n) is 6.67. The number of aliphatic hydroxyl groups excluding tert-OH is 1. The van der Waals surface area contributed by atoms with Crippen molar-refractivity contribution in [2.75, 3.05) is 19.8 Å². The van der Waals surface area contributed by atoms with Crippen LogP contribution in [-0.4, -0.2) is 59.3 Å². The summed E-state index contributed by atoms with van der Waals surface area (Å²) in [6, 6.07) is -0.154. The second kappa shape index (κ2) is 6.51. The zero-order valence-electron chi connectivity index (χ0n) is 13.6. The minimum atomic E-state index is -3.67. The molecule has 1 aliphatic carbocycles. The van der Waals surface area contributed by atoms with Crippen molar-refractivity contribution in [3.05, 3.63) is 12.5 Å². The number of nitrogens with zero attached hydrogens (tertiary/aromatic N) is 3. The molecule has 1 aromatic heterocycles. The predicted molar refractivity (Wildman–Crippen MR) is 84.5 cm³/mol. The molecule has 1 aromatic rings. The Morgan fingerprint density at radius 2 is 2.17 bits per heavy atom. The van der Waals surface area contributed by atoms with Gasteiger partial charge in [-0.15, -0.1) is 0 Å². The number of rotatable bonds is 4. The van der Waals surface area contributed by atoms with Gasteiger partial charge in [-0.3, -0.25) is 0 Å². The lowest BCUT2D eigenvalue weighted by molar-refractivity contribution is -0.0148. The van der Waals surface area contributed by atoms with Crippen molar-refractivity contribution in [1.29, 1.82) is 0 Å². The third kappa shape index (κ3) is 3.17. The highest BCUT2D eigenvalue weighted by atomic mass is 32.2. The van der Waals surface area contributed by atoms with Crippen molar-refractivity contribution in [3.8, 4) is 0 Å². The van der Waals surface area contributed by atoms with Crippen molar-refractivity contribution in [2.45, 2.75) is 56.3 Å². The predicted octanol–water partition coefficient (Wildman–Crippen LogP) is 1.01. The number of ether oxygens (including phenoxy) is 1. The van der Waals surface area contributed by atoms with Crippen LogP contribution in [-0.2, 0) is 14.8 Å². The van der Waals surface area contributed by atoms with Crippen LogP contribution in [0.2, 0.25) is 0 Å². The molecular formula is C15H25N3O4S. The molecule has 3 atom stereocenters. The van der Waals surface area contributed by atoms with E-state index in [1.54, 1.807) is 17.1 Å². The summed E-state index contributed by atoms with van der Waals surface area (Å²) in [5.74, 6) is -0.0581. The van der Waals surface area contributed by atoms with Crippen LogP contribution in [0, 0.1) is 5.92 Å². The van der Waals surface area contributed by atoms with E-state index in [-0.39, 0.29) is 23.0 Å². The number of sulfonamides is 1. The Balaban J connectivity index is 1.89. The number of imidazole rings is 1. The lowest BCUT2D eigenvalue weighted by atomic mass is 9.96. The van der Waals surface area contributed by atoms with E-state index < -0.39 is 16.1 Å². The summed E-state index contributed by atoms with van der Waals surface area (Å²) >= 11 is 0. The van der Waals surface area contributed by atoms with Gasteiger partial charge in [-0.2, -0.15) is 4.31 Å². The zero-order valence-corrected chi connectivity index (χ0v) is 14.4. The minimum Gasteiger partial charge on any atom is -0.393 e. The van der Waals surface area contributed by atoms with Crippen LogP contribution in [0.5, 0.6) is 0 Å². The molecule has 3 rings (SSSR count). The molecule has 1 N–H and O–H groups in total. The van der Waals surface area contributed by atoms with Gasteiger partial charge >= 0.3 is 0 Å². The van der Waals surface area contributed by atoms with E-state index in [0.29, 0.717) is 19.8 Å². The van der Waals surface area contributed by atoms with Gasteiger partial charge < -0.3 is 14.4 Å². The van der Waals surface area contributed by atoms with Gasteiger partial charge in [-0.1, -0.05) is 6.42 Å². The van der Waals surface area contributed by atoms with Crippen LogP contribution in [0.25, 0.3) is 0 Å². The number of hydrogen-bond donors (Lipinski definition) is 1. The highest BCUT2D eigenvalue weighted by Crippen LogP contribution is 2.34.